The third-order valence-electron chi connectivity index (χ3n) is 3.80. The second-order valence-electron chi connectivity index (χ2n) is 5.75. The van der Waals surface area contributed by atoms with Gasteiger partial charge in [-0.25, -0.2) is 0 Å². The molecule has 1 aromatic rings. The minimum atomic E-state index is 0.185. The molecule has 0 heterocycles. The summed E-state index contributed by atoms with van der Waals surface area (Å²) in [5, 5.41) is 3.31. The van der Waals surface area contributed by atoms with Crippen LogP contribution in [-0.4, -0.2) is 30.4 Å². The van der Waals surface area contributed by atoms with Gasteiger partial charge in [0.15, 0.2) is 0 Å². The fourth-order valence-electron chi connectivity index (χ4n) is 2.53. The summed E-state index contributed by atoms with van der Waals surface area (Å²) in [6, 6.07) is 5.98. The minimum absolute atomic E-state index is 0.185. The summed E-state index contributed by atoms with van der Waals surface area (Å²) in [5.41, 5.74) is 3.08. The van der Waals surface area contributed by atoms with Crippen LogP contribution in [0.2, 0.25) is 0 Å². The van der Waals surface area contributed by atoms with Gasteiger partial charge in [0.2, 0.25) is 0 Å². The van der Waals surface area contributed by atoms with Crippen LogP contribution < -0.4 is 5.32 Å². The smallest absolute Gasteiger partial charge is 0.253 e. The minimum Gasteiger partial charge on any atom is -0.385 e. The Balaban J connectivity index is 2.11. The second-order valence-corrected chi connectivity index (χ2v) is 5.75. The van der Waals surface area contributed by atoms with Crippen molar-refractivity contribution in [3.8, 4) is 0 Å². The molecule has 1 aliphatic rings. The first kappa shape index (κ1) is 14.9. The van der Waals surface area contributed by atoms with Crippen LogP contribution in [0.1, 0.15) is 49.0 Å². The van der Waals surface area contributed by atoms with E-state index in [1.165, 1.54) is 12.8 Å². The molecule has 0 bridgehead atoms. The molecule has 1 amide bonds. The highest BCUT2D eigenvalue weighted by Gasteiger charge is 2.26. The molecule has 110 valence electrons. The molecule has 3 nitrogen and oxygen atoms in total. The molecule has 1 N–H and O–H groups in total. The number of carbonyl (C=O) groups excluding carboxylic acids is 1. The van der Waals surface area contributed by atoms with Gasteiger partial charge in [0.25, 0.3) is 5.91 Å². The quantitative estimate of drug-likeness (QED) is 0.822. The van der Waals surface area contributed by atoms with Gasteiger partial charge in [0, 0.05) is 30.9 Å². The maximum absolute atomic E-state index is 12.6. The second kappa shape index (κ2) is 6.78. The van der Waals surface area contributed by atoms with E-state index in [1.54, 1.807) is 0 Å². The topological polar surface area (TPSA) is 32.3 Å². The summed E-state index contributed by atoms with van der Waals surface area (Å²) in [4.78, 5) is 14.7. The molecule has 1 aromatic carbocycles. The largest absolute Gasteiger partial charge is 0.385 e. The van der Waals surface area contributed by atoms with Crippen molar-refractivity contribution in [2.24, 2.45) is 5.92 Å². The molecule has 0 atom stereocenters. The summed E-state index contributed by atoms with van der Waals surface area (Å²) < 4.78 is 0. The molecule has 0 spiro atoms. The number of benzene rings is 1. The highest BCUT2D eigenvalue weighted by Crippen LogP contribution is 2.30. The van der Waals surface area contributed by atoms with Gasteiger partial charge < -0.3 is 10.2 Å². The average molecular weight is 274 g/mol. The monoisotopic (exact) mass is 274 g/mol. The Bertz CT molecular complexity index is 466. The summed E-state index contributed by atoms with van der Waals surface area (Å²) in [5.74, 6) is 0.928. The van der Waals surface area contributed by atoms with Crippen molar-refractivity contribution >= 4 is 11.6 Å². The predicted octanol–water partition coefficient (Wildman–Crippen LogP) is 3.69. The number of anilines is 1. The summed E-state index contributed by atoms with van der Waals surface area (Å²) in [6.07, 6.45) is 3.59. The number of aryl methyl sites for hydroxylation is 1. The lowest BCUT2D eigenvalue weighted by atomic mass is 10.1. The van der Waals surface area contributed by atoms with Crippen LogP contribution in [0.5, 0.6) is 0 Å². The summed E-state index contributed by atoms with van der Waals surface area (Å²) in [6.45, 7) is 8.96. The number of amides is 1. The number of nitrogens with one attached hydrogen (secondary N) is 1. The molecule has 0 unspecified atom stereocenters. The Morgan fingerprint density at radius 2 is 2.10 bits per heavy atom. The van der Waals surface area contributed by atoms with E-state index in [9.17, 15) is 4.79 Å². The molecule has 0 aliphatic heterocycles. The highest BCUT2D eigenvalue weighted by atomic mass is 16.2. The SMILES string of the molecule is CCCN(CC1CC1)C(=O)c1ccc(NCC)c(C)c1. The first-order valence-electron chi connectivity index (χ1n) is 7.79. The van der Waals surface area contributed by atoms with Crippen molar-refractivity contribution < 1.29 is 4.79 Å². The van der Waals surface area contributed by atoms with E-state index in [4.69, 9.17) is 0 Å². The Kier molecular flexibility index (Phi) is 5.05. The normalized spacial score (nSPS) is 14.2. The van der Waals surface area contributed by atoms with Crippen molar-refractivity contribution in [2.75, 3.05) is 25.0 Å². The highest BCUT2D eigenvalue weighted by molar-refractivity contribution is 5.95. The van der Waals surface area contributed by atoms with Crippen LogP contribution in [0.4, 0.5) is 5.69 Å². The maximum Gasteiger partial charge on any atom is 0.253 e. The zero-order chi connectivity index (χ0) is 14.5. The van der Waals surface area contributed by atoms with Gasteiger partial charge in [-0.2, -0.15) is 0 Å². The molecule has 1 saturated carbocycles. The lowest BCUT2D eigenvalue weighted by Gasteiger charge is -2.22. The maximum atomic E-state index is 12.6. The van der Waals surface area contributed by atoms with E-state index < -0.39 is 0 Å². The standard InChI is InChI=1S/C17H26N2O/c1-4-10-19(12-14-6-7-14)17(20)15-8-9-16(18-5-2)13(3)11-15/h8-9,11,14,18H,4-7,10,12H2,1-3H3. The molecule has 2 rings (SSSR count). The number of rotatable bonds is 7. The molecule has 1 fully saturated rings. The number of nitrogens with zero attached hydrogens (tertiary/aromatic N) is 1. The molecule has 0 aromatic heterocycles. The Labute approximate surface area is 122 Å². The van der Waals surface area contributed by atoms with Crippen molar-refractivity contribution in [1.82, 2.24) is 4.90 Å². The lowest BCUT2D eigenvalue weighted by molar-refractivity contribution is 0.0747. The van der Waals surface area contributed by atoms with Gasteiger partial charge in [0.1, 0.15) is 0 Å². The van der Waals surface area contributed by atoms with Crippen LogP contribution in [0.3, 0.4) is 0 Å². The zero-order valence-corrected chi connectivity index (χ0v) is 12.9. The van der Waals surface area contributed by atoms with E-state index in [-0.39, 0.29) is 5.91 Å². The van der Waals surface area contributed by atoms with Gasteiger partial charge in [-0.3, -0.25) is 4.79 Å². The van der Waals surface area contributed by atoms with Crippen LogP contribution >= 0.6 is 0 Å². The Hall–Kier alpha value is -1.51. The van der Waals surface area contributed by atoms with Crippen LogP contribution in [0, 0.1) is 12.8 Å². The molecule has 3 heteroatoms. The van der Waals surface area contributed by atoms with Gasteiger partial charge >= 0.3 is 0 Å². The van der Waals surface area contributed by atoms with Gasteiger partial charge in [-0.05, 0) is 62.8 Å². The molecule has 20 heavy (non-hydrogen) atoms. The number of carbonyl (C=O) groups is 1. The van der Waals surface area contributed by atoms with E-state index in [1.807, 2.05) is 23.1 Å². The van der Waals surface area contributed by atoms with Crippen LogP contribution in [0.15, 0.2) is 18.2 Å². The van der Waals surface area contributed by atoms with Crippen molar-refractivity contribution in [1.29, 1.82) is 0 Å². The van der Waals surface area contributed by atoms with Crippen molar-refractivity contribution in [2.45, 2.75) is 40.0 Å². The first-order valence-corrected chi connectivity index (χ1v) is 7.79. The van der Waals surface area contributed by atoms with E-state index in [2.05, 4.69) is 26.1 Å². The molecule has 0 radical (unpaired) electrons. The Morgan fingerprint density at radius 1 is 1.35 bits per heavy atom. The fraction of sp³-hybridized carbons (Fsp3) is 0.588. The number of hydrogen-bond acceptors (Lipinski definition) is 2. The van der Waals surface area contributed by atoms with Crippen molar-refractivity contribution in [3.05, 3.63) is 29.3 Å². The van der Waals surface area contributed by atoms with E-state index in [0.717, 1.165) is 48.8 Å². The molecular weight excluding hydrogens is 248 g/mol. The van der Waals surface area contributed by atoms with Gasteiger partial charge in [0.05, 0.1) is 0 Å². The summed E-state index contributed by atoms with van der Waals surface area (Å²) in [7, 11) is 0. The first-order chi connectivity index (χ1) is 9.65. The van der Waals surface area contributed by atoms with Gasteiger partial charge in [-0.1, -0.05) is 6.92 Å². The average Bonchev–Trinajstić information content (AvgIpc) is 3.24. The number of hydrogen-bond donors (Lipinski definition) is 1. The van der Waals surface area contributed by atoms with E-state index in [0.29, 0.717) is 0 Å². The fourth-order valence-corrected chi connectivity index (χ4v) is 2.53. The van der Waals surface area contributed by atoms with Crippen LogP contribution in [0.25, 0.3) is 0 Å². The van der Waals surface area contributed by atoms with Gasteiger partial charge in [-0.15, -0.1) is 0 Å². The lowest BCUT2D eigenvalue weighted by Crippen LogP contribution is -2.33. The Morgan fingerprint density at radius 3 is 2.65 bits per heavy atom. The zero-order valence-electron chi connectivity index (χ0n) is 12.9. The third-order valence-corrected chi connectivity index (χ3v) is 3.80. The van der Waals surface area contributed by atoms with Crippen molar-refractivity contribution in [3.63, 3.8) is 0 Å². The molecular formula is C17H26N2O. The third kappa shape index (κ3) is 3.75. The predicted molar refractivity (Wildman–Crippen MR) is 84.3 cm³/mol. The summed E-state index contributed by atoms with van der Waals surface area (Å²) >= 11 is 0. The molecule has 0 saturated heterocycles. The molecule has 1 aliphatic carbocycles. The van der Waals surface area contributed by atoms with E-state index >= 15 is 0 Å². The van der Waals surface area contributed by atoms with Crippen LogP contribution in [-0.2, 0) is 0 Å².